The van der Waals surface area contributed by atoms with Gasteiger partial charge in [0.15, 0.2) is 12.2 Å². The summed E-state index contributed by atoms with van der Waals surface area (Å²) in [6.45, 7) is 4.28. The van der Waals surface area contributed by atoms with Crippen molar-refractivity contribution in [3.05, 3.63) is 42.0 Å². The van der Waals surface area contributed by atoms with Crippen molar-refractivity contribution in [3.63, 3.8) is 0 Å². The lowest BCUT2D eigenvalue weighted by Crippen LogP contribution is -2.64. The molecule has 0 radical (unpaired) electrons. The smallest absolute Gasteiger partial charge is 0.328 e. The second-order valence-electron chi connectivity index (χ2n) is 7.55. The largest absolute Gasteiger partial charge is 0.379 e. The fourth-order valence-electron chi connectivity index (χ4n) is 4.00. The molecule has 2 saturated heterocycles. The Kier molecular flexibility index (Phi) is 5.64. The zero-order valence-electron chi connectivity index (χ0n) is 16.9. The van der Waals surface area contributed by atoms with E-state index in [1.165, 1.54) is 11.9 Å². The van der Waals surface area contributed by atoms with Crippen molar-refractivity contribution in [2.45, 2.75) is 12.2 Å². The molecule has 3 amide bonds. The molecule has 3 aliphatic rings. The molecule has 1 aromatic carbocycles. The number of amides is 3. The van der Waals surface area contributed by atoms with Gasteiger partial charge in [0.2, 0.25) is 0 Å². The van der Waals surface area contributed by atoms with E-state index in [9.17, 15) is 9.59 Å². The number of rotatable bonds is 5. The van der Waals surface area contributed by atoms with Crippen LogP contribution in [0, 0.1) is 0 Å². The summed E-state index contributed by atoms with van der Waals surface area (Å²) in [4.78, 5) is 37.2. The van der Waals surface area contributed by atoms with Crippen LogP contribution in [0.25, 0.3) is 6.08 Å². The third kappa shape index (κ3) is 3.90. The van der Waals surface area contributed by atoms with Crippen LogP contribution in [0.4, 0.5) is 4.79 Å². The number of ether oxygens (including phenoxy) is 1. The molecule has 0 spiro atoms. The van der Waals surface area contributed by atoms with E-state index < -0.39 is 12.2 Å². The fraction of sp³-hybridized carbons (Fsp3) is 0.476. The van der Waals surface area contributed by atoms with Gasteiger partial charge in [-0.3, -0.25) is 14.6 Å². The monoisotopic (exact) mass is 397 g/mol. The summed E-state index contributed by atoms with van der Waals surface area (Å²) >= 11 is 0. The zero-order chi connectivity index (χ0) is 20.4. The van der Waals surface area contributed by atoms with Crippen LogP contribution in [0.15, 0.2) is 41.4 Å². The molecule has 0 saturated carbocycles. The molecule has 29 heavy (non-hydrogen) atoms. The van der Waals surface area contributed by atoms with E-state index in [4.69, 9.17) is 9.73 Å². The molecule has 0 aliphatic carbocycles. The highest BCUT2D eigenvalue weighted by Crippen LogP contribution is 2.27. The van der Waals surface area contributed by atoms with Crippen LogP contribution < -0.4 is 0 Å². The van der Waals surface area contributed by atoms with Gasteiger partial charge in [-0.15, -0.1) is 0 Å². The van der Waals surface area contributed by atoms with Gasteiger partial charge in [-0.05, 0) is 5.56 Å². The van der Waals surface area contributed by atoms with Gasteiger partial charge in [0.25, 0.3) is 5.91 Å². The van der Waals surface area contributed by atoms with Crippen LogP contribution in [0.2, 0.25) is 0 Å². The predicted molar refractivity (Wildman–Crippen MR) is 110 cm³/mol. The van der Waals surface area contributed by atoms with Crippen molar-refractivity contribution < 1.29 is 14.3 Å². The van der Waals surface area contributed by atoms with Crippen molar-refractivity contribution in [2.24, 2.45) is 4.99 Å². The summed E-state index contributed by atoms with van der Waals surface area (Å²) in [6.07, 6.45) is 3.62. The molecule has 2 unspecified atom stereocenters. The molecular formula is C21H27N5O3. The van der Waals surface area contributed by atoms with Crippen LogP contribution in [0.5, 0.6) is 0 Å². The van der Waals surface area contributed by atoms with E-state index in [1.807, 2.05) is 41.3 Å². The topological polar surface area (TPSA) is 68.7 Å². The molecule has 2 atom stereocenters. The number of benzene rings is 1. The normalized spacial score (nSPS) is 25.7. The minimum absolute atomic E-state index is 0.202. The summed E-state index contributed by atoms with van der Waals surface area (Å²) in [6, 6.07) is 9.26. The van der Waals surface area contributed by atoms with Gasteiger partial charge in [-0.1, -0.05) is 42.5 Å². The van der Waals surface area contributed by atoms with Crippen molar-refractivity contribution in [1.29, 1.82) is 0 Å². The Morgan fingerprint density at radius 1 is 1.14 bits per heavy atom. The van der Waals surface area contributed by atoms with E-state index in [-0.39, 0.29) is 11.9 Å². The molecule has 0 aromatic heterocycles. The highest BCUT2D eigenvalue weighted by molar-refractivity contribution is 6.04. The van der Waals surface area contributed by atoms with Crippen LogP contribution in [0.3, 0.4) is 0 Å². The molecule has 2 fully saturated rings. The molecule has 154 valence electrons. The Morgan fingerprint density at radius 3 is 2.59 bits per heavy atom. The third-order valence-electron chi connectivity index (χ3n) is 5.68. The zero-order valence-corrected chi connectivity index (χ0v) is 16.9. The maximum Gasteiger partial charge on any atom is 0.328 e. The predicted octanol–water partition coefficient (Wildman–Crippen LogP) is 0.965. The van der Waals surface area contributed by atoms with Gasteiger partial charge in [0, 0.05) is 33.7 Å². The van der Waals surface area contributed by atoms with Gasteiger partial charge in [0.05, 0.1) is 19.8 Å². The van der Waals surface area contributed by atoms with E-state index >= 15 is 0 Å². The second kappa shape index (κ2) is 8.34. The van der Waals surface area contributed by atoms with Gasteiger partial charge in [-0.25, -0.2) is 9.79 Å². The molecule has 8 heteroatoms. The SMILES string of the molecule is CN1C(=O)C2C(N=C(CN3CCOCC3)N2C/C=C/c2ccccc2)N(C)C1=O. The number of hydrogen-bond acceptors (Lipinski definition) is 6. The highest BCUT2D eigenvalue weighted by Gasteiger charge is 2.50. The van der Waals surface area contributed by atoms with Crippen molar-refractivity contribution in [2.75, 3.05) is 53.5 Å². The number of urea groups is 1. The maximum absolute atomic E-state index is 12.9. The minimum Gasteiger partial charge on any atom is -0.379 e. The highest BCUT2D eigenvalue weighted by atomic mass is 16.5. The number of hydrogen-bond donors (Lipinski definition) is 0. The maximum atomic E-state index is 12.9. The summed E-state index contributed by atoms with van der Waals surface area (Å²) < 4.78 is 5.44. The summed E-state index contributed by atoms with van der Waals surface area (Å²) in [5.41, 5.74) is 1.11. The van der Waals surface area contributed by atoms with Crippen LogP contribution in [0.1, 0.15) is 5.56 Å². The number of imide groups is 1. The molecule has 0 N–H and O–H groups in total. The quantitative estimate of drug-likeness (QED) is 0.741. The number of morpholine rings is 1. The number of amidine groups is 1. The Hall–Kier alpha value is -2.71. The lowest BCUT2D eigenvalue weighted by molar-refractivity contribution is -0.136. The van der Waals surface area contributed by atoms with E-state index in [0.717, 1.165) is 24.5 Å². The Labute approximate surface area is 171 Å². The summed E-state index contributed by atoms with van der Waals surface area (Å²) in [5.74, 6) is 0.648. The number of carbonyl (C=O) groups is 2. The van der Waals surface area contributed by atoms with Gasteiger partial charge < -0.3 is 14.5 Å². The van der Waals surface area contributed by atoms with E-state index in [1.54, 1.807) is 11.9 Å². The molecule has 0 bridgehead atoms. The molecule has 3 aliphatic heterocycles. The summed E-state index contributed by atoms with van der Waals surface area (Å²) in [5, 5.41) is 0. The first-order chi connectivity index (χ1) is 14.1. The average molecular weight is 397 g/mol. The lowest BCUT2D eigenvalue weighted by atomic mass is 10.1. The van der Waals surface area contributed by atoms with Gasteiger partial charge >= 0.3 is 6.03 Å². The second-order valence-corrected chi connectivity index (χ2v) is 7.55. The van der Waals surface area contributed by atoms with Crippen LogP contribution >= 0.6 is 0 Å². The first-order valence-corrected chi connectivity index (χ1v) is 9.95. The Bertz CT molecular complexity index is 819. The number of nitrogens with zero attached hydrogens (tertiary/aromatic N) is 5. The molecular weight excluding hydrogens is 370 g/mol. The minimum atomic E-state index is -0.487. The first kappa shape index (κ1) is 19.6. The number of carbonyl (C=O) groups excluding carboxylic acids is 2. The third-order valence-corrected chi connectivity index (χ3v) is 5.68. The van der Waals surface area contributed by atoms with Crippen molar-refractivity contribution in [3.8, 4) is 0 Å². The average Bonchev–Trinajstić information content (AvgIpc) is 3.10. The molecule has 8 nitrogen and oxygen atoms in total. The van der Waals surface area contributed by atoms with Crippen molar-refractivity contribution in [1.82, 2.24) is 19.6 Å². The van der Waals surface area contributed by atoms with E-state index in [0.29, 0.717) is 26.3 Å². The molecule has 1 aromatic rings. The van der Waals surface area contributed by atoms with E-state index in [2.05, 4.69) is 11.0 Å². The first-order valence-electron chi connectivity index (χ1n) is 9.95. The number of fused-ring (bicyclic) bond motifs is 1. The Balaban J connectivity index is 1.57. The number of aliphatic imine (C=N–C) groups is 1. The molecule has 4 rings (SSSR count). The van der Waals surface area contributed by atoms with Gasteiger partial charge in [0.1, 0.15) is 5.84 Å². The van der Waals surface area contributed by atoms with Crippen LogP contribution in [-0.4, -0.2) is 103 Å². The van der Waals surface area contributed by atoms with Crippen LogP contribution in [-0.2, 0) is 9.53 Å². The lowest BCUT2D eigenvalue weighted by Gasteiger charge is -2.40. The Morgan fingerprint density at radius 2 is 1.86 bits per heavy atom. The standard InChI is InChI=1S/C21H27N5O3/c1-23-19-18(20(27)24(2)21(23)28)26(10-6-9-16-7-4-3-5-8-16)17(22-19)15-25-11-13-29-14-12-25/h3-9,18-19H,10-15H2,1-2H3/b9-6+. The molecule has 3 heterocycles. The van der Waals surface area contributed by atoms with Gasteiger partial charge in [-0.2, -0.15) is 0 Å². The fourth-order valence-corrected chi connectivity index (χ4v) is 4.00. The number of likely N-dealkylation sites (N-methyl/N-ethyl adjacent to an activating group) is 2. The summed E-state index contributed by atoms with van der Waals surface area (Å²) in [7, 11) is 3.25. The van der Waals surface area contributed by atoms with Crippen molar-refractivity contribution >= 4 is 23.8 Å².